The van der Waals surface area contributed by atoms with E-state index in [-0.39, 0.29) is 90.3 Å². The van der Waals surface area contributed by atoms with Crippen molar-refractivity contribution in [1.82, 2.24) is 0 Å². The molecular formula is C15H25CaMgNaO15. The molecule has 5 unspecified atom stereocenters. The summed E-state index contributed by atoms with van der Waals surface area (Å²) in [7, 11) is 0. The van der Waals surface area contributed by atoms with E-state index in [4.69, 9.17) is 25.5 Å². The summed E-state index contributed by atoms with van der Waals surface area (Å²) in [6.07, 6.45) is -6.71. The molecule has 180 valence electrons. The van der Waals surface area contributed by atoms with Gasteiger partial charge in [0, 0.05) is 0 Å². The Balaban J connectivity index is -0.0000000386. The molecule has 5 atom stereocenters. The molecule has 0 heterocycles. The molecule has 5 N–H and O–H groups in total. The van der Waals surface area contributed by atoms with Gasteiger partial charge in [-0.05, 0) is 34.6 Å². The van der Waals surface area contributed by atoms with Crippen molar-refractivity contribution in [1.29, 1.82) is 0 Å². The fourth-order valence-electron chi connectivity index (χ4n) is 0. The molecule has 0 aromatic carbocycles. The number of aliphatic hydroxyl groups excluding tert-OH is 5. The molecule has 0 saturated heterocycles. The third-order valence-corrected chi connectivity index (χ3v) is 1.71. The summed E-state index contributed by atoms with van der Waals surface area (Å²) in [5, 5.41) is 86.5. The van der Waals surface area contributed by atoms with Crippen LogP contribution in [-0.2, 0) is 24.0 Å². The van der Waals surface area contributed by atoms with Crippen molar-refractivity contribution in [2.75, 3.05) is 0 Å². The molecule has 0 rings (SSSR count). The number of hydrogen-bond acceptors (Lipinski definition) is 15. The predicted molar refractivity (Wildman–Crippen MR) is 94.9 cm³/mol. The normalized spacial score (nSPS) is 12.4. The minimum Gasteiger partial charge on any atom is -0.547 e. The molecular weight excluding hydrogens is 508 g/mol. The second kappa shape index (κ2) is 34.3. The molecule has 0 bridgehead atoms. The van der Waals surface area contributed by atoms with Crippen LogP contribution in [0.15, 0.2) is 0 Å². The van der Waals surface area contributed by atoms with Crippen molar-refractivity contribution in [3.63, 3.8) is 0 Å². The van der Waals surface area contributed by atoms with Gasteiger partial charge in [-0.1, -0.05) is 0 Å². The van der Waals surface area contributed by atoms with E-state index >= 15 is 0 Å². The second-order valence-corrected chi connectivity index (χ2v) is 4.98. The molecule has 0 aliphatic heterocycles. The summed E-state index contributed by atoms with van der Waals surface area (Å²) in [5.74, 6) is -7.18. The Morgan fingerprint density at radius 2 is 0.485 bits per heavy atom. The number of aliphatic carboxylic acids is 5. The number of hydrogen-bond donors (Lipinski definition) is 5. The Hall–Kier alpha value is 0.176. The van der Waals surface area contributed by atoms with Crippen molar-refractivity contribution in [2.45, 2.75) is 65.1 Å². The largest absolute Gasteiger partial charge is 2.00 e. The zero-order valence-electron chi connectivity index (χ0n) is 19.1. The SMILES string of the molecule is CC(O)C(=O)[O-].CC(O)C(=O)[O-].CC(O)C(=O)[O-].CC(O)C(=O)[O-].CC(O)C(=O)[O-].[Ca+2].[Mg+2].[Na+]. The van der Waals surface area contributed by atoms with Crippen LogP contribution in [0.5, 0.6) is 0 Å². The first kappa shape index (κ1) is 54.2. The van der Waals surface area contributed by atoms with Crippen molar-refractivity contribution in [3.05, 3.63) is 0 Å². The minimum absolute atomic E-state index is 0. The standard InChI is InChI=1S/5C3H6O3.Ca.Mg.Na/c5*1-2(4)3(5)6;;;/h5*2,4H,1H3,(H,5,6);;;/q;;;;;2*+2;+1/p-5. The van der Waals surface area contributed by atoms with Gasteiger partial charge in [-0.2, -0.15) is 0 Å². The Labute approximate surface area is 257 Å². The number of carbonyl (C=O) groups is 5. The van der Waals surface area contributed by atoms with Gasteiger partial charge in [0.15, 0.2) is 0 Å². The maximum absolute atomic E-state index is 9.34. The molecule has 0 radical (unpaired) electrons. The van der Waals surface area contributed by atoms with Gasteiger partial charge in [0.1, 0.15) is 0 Å². The fourth-order valence-corrected chi connectivity index (χ4v) is 0. The average Bonchev–Trinajstić information content (AvgIpc) is 2.56. The van der Waals surface area contributed by atoms with Gasteiger partial charge in [-0.15, -0.1) is 0 Å². The third-order valence-electron chi connectivity index (χ3n) is 1.71. The second-order valence-electron chi connectivity index (χ2n) is 4.98. The van der Waals surface area contributed by atoms with Gasteiger partial charge >= 0.3 is 90.3 Å². The average molecular weight is 533 g/mol. The summed E-state index contributed by atoms with van der Waals surface area (Å²) < 4.78 is 0. The maximum atomic E-state index is 9.34. The minimum atomic E-state index is -1.44. The first-order valence-corrected chi connectivity index (χ1v) is 7.66. The summed E-state index contributed by atoms with van der Waals surface area (Å²) in [5.41, 5.74) is 0. The van der Waals surface area contributed by atoms with Gasteiger partial charge in [-0.3, -0.25) is 0 Å². The van der Waals surface area contributed by atoms with Crippen LogP contribution in [0.1, 0.15) is 34.6 Å². The van der Waals surface area contributed by atoms with Crippen LogP contribution in [0, 0.1) is 0 Å². The Kier molecular flexibility index (Phi) is 56.4. The molecule has 0 saturated carbocycles. The van der Waals surface area contributed by atoms with Crippen LogP contribution in [0.2, 0.25) is 0 Å². The molecule has 18 heteroatoms. The van der Waals surface area contributed by atoms with Crippen LogP contribution in [-0.4, -0.2) is 147 Å². The van der Waals surface area contributed by atoms with Crippen molar-refractivity contribution < 1.29 is 105 Å². The van der Waals surface area contributed by atoms with E-state index in [0.29, 0.717) is 0 Å². The van der Waals surface area contributed by atoms with Crippen LogP contribution in [0.3, 0.4) is 0 Å². The molecule has 0 aromatic heterocycles. The van der Waals surface area contributed by atoms with Gasteiger partial charge in [0.25, 0.3) is 0 Å². The fraction of sp³-hybridized carbons (Fsp3) is 0.667. The topological polar surface area (TPSA) is 302 Å². The number of aliphatic hydroxyl groups is 5. The predicted octanol–water partition coefficient (Wildman–Crippen LogP) is -13.2. The van der Waals surface area contributed by atoms with E-state index in [1.807, 2.05) is 0 Å². The van der Waals surface area contributed by atoms with Gasteiger partial charge < -0.3 is 75.0 Å². The summed E-state index contributed by atoms with van der Waals surface area (Å²) in [6, 6.07) is 0. The quantitative estimate of drug-likeness (QED) is 0.205. The number of carbonyl (C=O) groups excluding carboxylic acids is 5. The zero-order valence-corrected chi connectivity index (χ0v) is 24.7. The summed E-state index contributed by atoms with van der Waals surface area (Å²) >= 11 is 0. The van der Waals surface area contributed by atoms with E-state index in [1.54, 1.807) is 0 Å². The van der Waals surface area contributed by atoms with Crippen LogP contribution < -0.4 is 55.1 Å². The number of carboxylic acids is 5. The van der Waals surface area contributed by atoms with Crippen molar-refractivity contribution in [3.8, 4) is 0 Å². The Morgan fingerprint density at radius 3 is 0.485 bits per heavy atom. The Bertz CT molecular complexity index is 409. The molecule has 0 fully saturated rings. The first-order valence-electron chi connectivity index (χ1n) is 7.66. The Morgan fingerprint density at radius 1 is 0.455 bits per heavy atom. The molecule has 0 spiro atoms. The molecule has 33 heavy (non-hydrogen) atoms. The smallest absolute Gasteiger partial charge is 0.547 e. The van der Waals surface area contributed by atoms with Crippen LogP contribution in [0.25, 0.3) is 0 Å². The van der Waals surface area contributed by atoms with Crippen LogP contribution >= 0.6 is 0 Å². The van der Waals surface area contributed by atoms with E-state index in [0.717, 1.165) is 34.6 Å². The van der Waals surface area contributed by atoms with Crippen LogP contribution in [0.4, 0.5) is 0 Å². The monoisotopic (exact) mass is 532 g/mol. The molecule has 0 aliphatic carbocycles. The molecule has 0 aliphatic rings. The molecule has 0 amide bonds. The molecule has 0 aromatic rings. The van der Waals surface area contributed by atoms with Gasteiger partial charge in [0.05, 0.1) is 60.4 Å². The zero-order chi connectivity index (χ0) is 25.8. The summed E-state index contributed by atoms with van der Waals surface area (Å²) in [6.45, 7) is 5.67. The number of carboxylic acid groups (broad SMARTS) is 5. The summed E-state index contributed by atoms with van der Waals surface area (Å²) in [4.78, 5) is 46.7. The van der Waals surface area contributed by atoms with E-state index in [1.165, 1.54) is 0 Å². The third kappa shape index (κ3) is 72.0. The first-order chi connectivity index (χ1) is 13.2. The molecule has 15 nitrogen and oxygen atoms in total. The van der Waals surface area contributed by atoms with E-state index in [2.05, 4.69) is 0 Å². The van der Waals surface area contributed by atoms with Gasteiger partial charge in [0.2, 0.25) is 0 Å². The van der Waals surface area contributed by atoms with Gasteiger partial charge in [-0.25, -0.2) is 0 Å². The maximum Gasteiger partial charge on any atom is 2.00 e. The van der Waals surface area contributed by atoms with E-state index < -0.39 is 60.4 Å². The van der Waals surface area contributed by atoms with Crippen molar-refractivity contribution >= 4 is 90.6 Å². The number of rotatable bonds is 5. The van der Waals surface area contributed by atoms with Crippen molar-refractivity contribution in [2.24, 2.45) is 0 Å². The van der Waals surface area contributed by atoms with E-state index in [9.17, 15) is 49.5 Å².